The fourth-order valence-corrected chi connectivity index (χ4v) is 4.56. The summed E-state index contributed by atoms with van der Waals surface area (Å²) in [5, 5.41) is 3.83. The number of quaternary nitrogens is 1. The Hall–Kier alpha value is -1.06. The number of nitrogens with one attached hydrogen (secondary N) is 2. The molecule has 1 saturated carbocycles. The van der Waals surface area contributed by atoms with Gasteiger partial charge in [-0.05, 0) is 50.3 Å². The smallest absolute Gasteiger partial charge is 0.251 e. The number of benzene rings is 1. The van der Waals surface area contributed by atoms with Gasteiger partial charge in [0.15, 0.2) is 0 Å². The molecule has 1 aliphatic carbocycles. The van der Waals surface area contributed by atoms with E-state index in [1.807, 2.05) is 12.1 Å². The van der Waals surface area contributed by atoms with Crippen molar-refractivity contribution in [3.8, 4) is 0 Å². The Balaban J connectivity index is 1.67. The summed E-state index contributed by atoms with van der Waals surface area (Å²) in [5.41, 5.74) is 0.921. The second-order valence-electron chi connectivity index (χ2n) is 7.20. The van der Waals surface area contributed by atoms with Crippen LogP contribution in [0.3, 0.4) is 0 Å². The molecule has 0 spiro atoms. The first-order valence-corrected chi connectivity index (χ1v) is 9.46. The Morgan fingerprint density at radius 3 is 2.48 bits per heavy atom. The molecule has 0 atom stereocenters. The highest BCUT2D eigenvalue weighted by molar-refractivity contribution is 6.30. The van der Waals surface area contributed by atoms with Gasteiger partial charge in [-0.1, -0.05) is 24.1 Å². The van der Waals surface area contributed by atoms with E-state index in [1.54, 1.807) is 17.0 Å². The van der Waals surface area contributed by atoms with E-state index in [2.05, 4.69) is 5.32 Å². The summed E-state index contributed by atoms with van der Waals surface area (Å²) in [5.74, 6) is 0.00820. The van der Waals surface area contributed by atoms with Crippen molar-refractivity contribution in [2.75, 3.05) is 19.6 Å². The van der Waals surface area contributed by atoms with E-state index in [0.29, 0.717) is 10.6 Å². The summed E-state index contributed by atoms with van der Waals surface area (Å²) in [4.78, 5) is 14.2. The number of halogens is 1. The molecule has 0 radical (unpaired) electrons. The minimum atomic E-state index is 0.00820. The average molecular weight is 336 g/mol. The summed E-state index contributed by atoms with van der Waals surface area (Å²) in [6, 6.07) is 7.23. The SMILES string of the molecule is O=C(NCC1([NH+]2CCCCC2)CCCCC1)c1cccc(Cl)c1. The average Bonchev–Trinajstić information content (AvgIpc) is 2.61. The molecule has 4 heteroatoms. The molecule has 1 heterocycles. The molecule has 126 valence electrons. The predicted octanol–water partition coefficient (Wildman–Crippen LogP) is 2.84. The number of carbonyl (C=O) groups excluding carboxylic acids is 1. The van der Waals surface area contributed by atoms with E-state index in [1.165, 1.54) is 64.5 Å². The maximum Gasteiger partial charge on any atom is 0.251 e. The Bertz CT molecular complexity index is 534. The fraction of sp³-hybridized carbons (Fsp3) is 0.632. The van der Waals surface area contributed by atoms with Crippen LogP contribution < -0.4 is 10.2 Å². The first kappa shape index (κ1) is 16.8. The zero-order valence-electron chi connectivity index (χ0n) is 13.9. The van der Waals surface area contributed by atoms with Crippen molar-refractivity contribution < 1.29 is 9.69 Å². The summed E-state index contributed by atoms with van der Waals surface area (Å²) in [7, 11) is 0. The normalized spacial score (nSPS) is 21.8. The molecular formula is C19H28ClN2O+. The molecule has 3 rings (SSSR count). The van der Waals surface area contributed by atoms with Gasteiger partial charge in [-0.15, -0.1) is 0 Å². The van der Waals surface area contributed by atoms with Crippen LogP contribution in [-0.4, -0.2) is 31.1 Å². The van der Waals surface area contributed by atoms with Gasteiger partial charge in [-0.2, -0.15) is 0 Å². The summed E-state index contributed by atoms with van der Waals surface area (Å²) in [6.45, 7) is 3.34. The zero-order chi connectivity index (χ0) is 16.1. The van der Waals surface area contributed by atoms with Gasteiger partial charge >= 0.3 is 0 Å². The van der Waals surface area contributed by atoms with E-state index in [0.717, 1.165) is 6.54 Å². The van der Waals surface area contributed by atoms with Crippen molar-refractivity contribution in [2.24, 2.45) is 0 Å². The van der Waals surface area contributed by atoms with Gasteiger partial charge in [-0.3, -0.25) is 4.79 Å². The Morgan fingerprint density at radius 1 is 1.09 bits per heavy atom. The monoisotopic (exact) mass is 335 g/mol. The van der Waals surface area contributed by atoms with Crippen LogP contribution >= 0.6 is 11.6 Å². The summed E-state index contributed by atoms with van der Waals surface area (Å²) >= 11 is 6.00. The molecule has 2 aliphatic rings. The number of piperidine rings is 1. The first-order chi connectivity index (χ1) is 11.2. The second-order valence-corrected chi connectivity index (χ2v) is 7.63. The van der Waals surface area contributed by atoms with Gasteiger partial charge in [0.25, 0.3) is 5.91 Å². The van der Waals surface area contributed by atoms with Crippen LogP contribution in [0.1, 0.15) is 61.7 Å². The third-order valence-corrected chi connectivity index (χ3v) is 5.93. The zero-order valence-corrected chi connectivity index (χ0v) is 14.6. The fourth-order valence-electron chi connectivity index (χ4n) is 4.37. The van der Waals surface area contributed by atoms with Crippen LogP contribution in [0.2, 0.25) is 5.02 Å². The molecule has 1 aromatic carbocycles. The Kier molecular flexibility index (Phi) is 5.60. The van der Waals surface area contributed by atoms with E-state index in [-0.39, 0.29) is 11.4 Å². The van der Waals surface area contributed by atoms with Crippen molar-refractivity contribution in [1.82, 2.24) is 5.32 Å². The Morgan fingerprint density at radius 2 is 1.78 bits per heavy atom. The highest BCUT2D eigenvalue weighted by Gasteiger charge is 2.42. The van der Waals surface area contributed by atoms with Crippen molar-refractivity contribution in [2.45, 2.75) is 56.9 Å². The lowest BCUT2D eigenvalue weighted by atomic mass is 9.79. The minimum absolute atomic E-state index is 0.00820. The van der Waals surface area contributed by atoms with Crippen molar-refractivity contribution in [1.29, 1.82) is 0 Å². The molecule has 1 saturated heterocycles. The number of hydrogen-bond acceptors (Lipinski definition) is 1. The van der Waals surface area contributed by atoms with Gasteiger partial charge in [0.05, 0.1) is 19.6 Å². The number of likely N-dealkylation sites (tertiary alicyclic amines) is 1. The van der Waals surface area contributed by atoms with E-state index < -0.39 is 0 Å². The molecule has 3 nitrogen and oxygen atoms in total. The number of rotatable bonds is 4. The second kappa shape index (κ2) is 7.67. The standard InChI is InChI=1S/C19H27ClN2O/c20-17-9-7-8-16(14-17)18(23)21-15-19(10-3-1-4-11-19)22-12-5-2-6-13-22/h7-9,14H,1-6,10-13,15H2,(H,21,23)/p+1. The third kappa shape index (κ3) is 4.07. The van der Waals surface area contributed by atoms with Crippen molar-refractivity contribution in [3.63, 3.8) is 0 Å². The minimum Gasteiger partial charge on any atom is -0.346 e. The van der Waals surface area contributed by atoms with Crippen LogP contribution in [0.15, 0.2) is 24.3 Å². The third-order valence-electron chi connectivity index (χ3n) is 5.69. The molecule has 2 fully saturated rings. The van der Waals surface area contributed by atoms with Crippen LogP contribution in [0.4, 0.5) is 0 Å². The van der Waals surface area contributed by atoms with Crippen LogP contribution in [0, 0.1) is 0 Å². The van der Waals surface area contributed by atoms with Gasteiger partial charge in [-0.25, -0.2) is 0 Å². The molecule has 23 heavy (non-hydrogen) atoms. The predicted molar refractivity (Wildman–Crippen MR) is 94.1 cm³/mol. The first-order valence-electron chi connectivity index (χ1n) is 9.09. The lowest BCUT2D eigenvalue weighted by Gasteiger charge is -2.45. The number of carbonyl (C=O) groups is 1. The molecule has 0 unspecified atom stereocenters. The quantitative estimate of drug-likeness (QED) is 0.871. The van der Waals surface area contributed by atoms with Crippen LogP contribution in [-0.2, 0) is 0 Å². The van der Waals surface area contributed by atoms with E-state index >= 15 is 0 Å². The highest BCUT2D eigenvalue weighted by atomic mass is 35.5. The van der Waals surface area contributed by atoms with E-state index in [4.69, 9.17) is 11.6 Å². The van der Waals surface area contributed by atoms with Gasteiger partial charge in [0.1, 0.15) is 5.54 Å². The van der Waals surface area contributed by atoms with Crippen molar-refractivity contribution >= 4 is 17.5 Å². The Labute approximate surface area is 144 Å². The molecule has 2 N–H and O–H groups in total. The topological polar surface area (TPSA) is 33.5 Å². The maximum atomic E-state index is 12.5. The molecule has 1 amide bonds. The number of amides is 1. The summed E-state index contributed by atoms with van der Waals surface area (Å²) < 4.78 is 0. The van der Waals surface area contributed by atoms with Crippen molar-refractivity contribution in [3.05, 3.63) is 34.9 Å². The van der Waals surface area contributed by atoms with Gasteiger partial charge in [0, 0.05) is 23.4 Å². The lowest BCUT2D eigenvalue weighted by molar-refractivity contribution is -0.957. The maximum absolute atomic E-state index is 12.5. The lowest BCUT2D eigenvalue weighted by Crippen LogP contribution is -3.22. The largest absolute Gasteiger partial charge is 0.346 e. The summed E-state index contributed by atoms with van der Waals surface area (Å²) in [6.07, 6.45) is 10.5. The molecule has 1 aliphatic heterocycles. The molecule has 0 aromatic heterocycles. The van der Waals surface area contributed by atoms with Crippen LogP contribution in [0.25, 0.3) is 0 Å². The molecule has 1 aromatic rings. The number of hydrogen-bond donors (Lipinski definition) is 2. The van der Waals surface area contributed by atoms with Gasteiger partial charge in [0.2, 0.25) is 0 Å². The van der Waals surface area contributed by atoms with Crippen LogP contribution in [0.5, 0.6) is 0 Å². The highest BCUT2D eigenvalue weighted by Crippen LogP contribution is 2.26. The molecular weight excluding hydrogens is 308 g/mol. The van der Waals surface area contributed by atoms with Gasteiger partial charge < -0.3 is 10.2 Å². The molecule has 0 bridgehead atoms. The van der Waals surface area contributed by atoms with E-state index in [9.17, 15) is 4.79 Å².